The Labute approximate surface area is 143 Å². The molecule has 0 amide bonds. The van der Waals surface area contributed by atoms with Gasteiger partial charge in [-0.3, -0.25) is 0 Å². The molecule has 2 aromatic carbocycles. The van der Waals surface area contributed by atoms with Gasteiger partial charge in [-0.2, -0.15) is 0 Å². The first-order valence-corrected chi connectivity index (χ1v) is 7.80. The number of benzene rings is 2. The topological polar surface area (TPSA) is 62.9 Å². The summed E-state index contributed by atoms with van der Waals surface area (Å²) in [6.45, 7) is 0.511. The molecule has 1 unspecified atom stereocenters. The highest BCUT2D eigenvalue weighted by Gasteiger charge is 2.18. The molecule has 0 fully saturated rings. The van der Waals surface area contributed by atoms with Crippen molar-refractivity contribution in [2.75, 3.05) is 35.0 Å². The third kappa shape index (κ3) is 3.74. The highest BCUT2D eigenvalue weighted by Crippen LogP contribution is 2.39. The summed E-state index contributed by atoms with van der Waals surface area (Å²) in [5.74, 6) is 2.85. The van der Waals surface area contributed by atoms with Crippen LogP contribution in [0, 0.1) is 0 Å². The SMILES string of the molecule is COc1ccccc1C(CN)Cc1cc(OC)c(OC)c(OC)c1. The van der Waals surface area contributed by atoms with Crippen LogP contribution in [0.1, 0.15) is 17.0 Å². The lowest BCUT2D eigenvalue weighted by molar-refractivity contribution is 0.323. The van der Waals surface area contributed by atoms with Gasteiger partial charge >= 0.3 is 0 Å². The lowest BCUT2D eigenvalue weighted by atomic mass is 9.91. The summed E-state index contributed by atoms with van der Waals surface area (Å²) in [5.41, 5.74) is 8.19. The number of rotatable bonds is 8. The van der Waals surface area contributed by atoms with Crippen LogP contribution in [0.15, 0.2) is 36.4 Å². The molecule has 5 heteroatoms. The van der Waals surface area contributed by atoms with Gasteiger partial charge in [0.15, 0.2) is 11.5 Å². The van der Waals surface area contributed by atoms with Gasteiger partial charge in [-0.05, 0) is 42.3 Å². The van der Waals surface area contributed by atoms with Gasteiger partial charge in [0.25, 0.3) is 0 Å². The molecule has 0 aromatic heterocycles. The van der Waals surface area contributed by atoms with Crippen molar-refractivity contribution >= 4 is 0 Å². The third-order valence-corrected chi connectivity index (χ3v) is 4.07. The summed E-state index contributed by atoms with van der Waals surface area (Å²) < 4.78 is 21.7. The molecule has 2 aromatic rings. The van der Waals surface area contributed by atoms with Crippen LogP contribution in [-0.4, -0.2) is 35.0 Å². The van der Waals surface area contributed by atoms with E-state index in [1.54, 1.807) is 28.4 Å². The molecular formula is C19H25NO4. The first-order valence-electron chi connectivity index (χ1n) is 7.80. The van der Waals surface area contributed by atoms with Gasteiger partial charge in [-0.1, -0.05) is 18.2 Å². The highest BCUT2D eigenvalue weighted by atomic mass is 16.5. The molecule has 0 bridgehead atoms. The summed E-state index contributed by atoms with van der Waals surface area (Å²) in [5, 5.41) is 0. The third-order valence-electron chi connectivity index (χ3n) is 4.07. The Morgan fingerprint density at radius 2 is 1.42 bits per heavy atom. The van der Waals surface area contributed by atoms with E-state index < -0.39 is 0 Å². The molecule has 24 heavy (non-hydrogen) atoms. The Bertz CT molecular complexity index is 647. The fraction of sp³-hybridized carbons (Fsp3) is 0.368. The van der Waals surface area contributed by atoms with E-state index in [1.807, 2.05) is 36.4 Å². The fourth-order valence-corrected chi connectivity index (χ4v) is 2.86. The van der Waals surface area contributed by atoms with E-state index in [1.165, 1.54) is 0 Å². The first-order chi connectivity index (χ1) is 11.7. The maximum absolute atomic E-state index is 6.03. The smallest absolute Gasteiger partial charge is 0.203 e. The van der Waals surface area contributed by atoms with Gasteiger partial charge in [-0.15, -0.1) is 0 Å². The summed E-state index contributed by atoms with van der Waals surface area (Å²) in [6.07, 6.45) is 0.744. The molecule has 0 aliphatic heterocycles. The standard InChI is InChI=1S/C19H25NO4/c1-21-16-8-6-5-7-15(16)14(12-20)9-13-10-17(22-2)19(24-4)18(11-13)23-3/h5-8,10-11,14H,9,12,20H2,1-4H3. The number of methoxy groups -OCH3 is 4. The molecule has 5 nitrogen and oxygen atoms in total. The van der Waals surface area contributed by atoms with Crippen molar-refractivity contribution in [1.29, 1.82) is 0 Å². The molecule has 130 valence electrons. The van der Waals surface area contributed by atoms with Crippen LogP contribution in [0.3, 0.4) is 0 Å². The van der Waals surface area contributed by atoms with Gasteiger partial charge < -0.3 is 24.7 Å². The van der Waals surface area contributed by atoms with Crippen molar-refractivity contribution in [2.45, 2.75) is 12.3 Å². The van der Waals surface area contributed by atoms with Crippen molar-refractivity contribution in [3.05, 3.63) is 47.5 Å². The molecule has 0 saturated heterocycles. The zero-order valence-electron chi connectivity index (χ0n) is 14.7. The maximum atomic E-state index is 6.03. The van der Waals surface area contributed by atoms with Gasteiger partial charge in [-0.25, -0.2) is 0 Å². The summed E-state index contributed by atoms with van der Waals surface area (Å²) in [7, 11) is 6.49. The average molecular weight is 331 g/mol. The van der Waals surface area contributed by atoms with E-state index in [4.69, 9.17) is 24.7 Å². The maximum Gasteiger partial charge on any atom is 0.203 e. The van der Waals surface area contributed by atoms with Crippen LogP contribution >= 0.6 is 0 Å². The van der Waals surface area contributed by atoms with Gasteiger partial charge in [0.1, 0.15) is 5.75 Å². The molecule has 0 aliphatic carbocycles. The van der Waals surface area contributed by atoms with Crippen molar-refractivity contribution in [2.24, 2.45) is 5.73 Å². The molecule has 0 radical (unpaired) electrons. The van der Waals surface area contributed by atoms with Crippen LogP contribution in [0.5, 0.6) is 23.0 Å². The van der Waals surface area contributed by atoms with Crippen LogP contribution in [-0.2, 0) is 6.42 Å². The van der Waals surface area contributed by atoms with Crippen molar-refractivity contribution < 1.29 is 18.9 Å². The van der Waals surface area contributed by atoms with E-state index in [2.05, 4.69) is 0 Å². The fourth-order valence-electron chi connectivity index (χ4n) is 2.86. The number of ether oxygens (including phenoxy) is 4. The Hall–Kier alpha value is -2.40. The summed E-state index contributed by atoms with van der Waals surface area (Å²) in [6, 6.07) is 11.9. The minimum absolute atomic E-state index is 0.129. The lowest BCUT2D eigenvalue weighted by Gasteiger charge is -2.20. The molecular weight excluding hydrogens is 306 g/mol. The van der Waals surface area contributed by atoms with Crippen molar-refractivity contribution in [1.82, 2.24) is 0 Å². The first kappa shape index (κ1) is 17.9. The number of para-hydroxylation sites is 1. The van der Waals surface area contributed by atoms with E-state index in [0.29, 0.717) is 23.8 Å². The highest BCUT2D eigenvalue weighted by molar-refractivity contribution is 5.54. The van der Waals surface area contributed by atoms with Crippen molar-refractivity contribution in [3.63, 3.8) is 0 Å². The largest absolute Gasteiger partial charge is 0.496 e. The van der Waals surface area contributed by atoms with E-state index in [0.717, 1.165) is 23.3 Å². The van der Waals surface area contributed by atoms with Gasteiger partial charge in [0.05, 0.1) is 28.4 Å². The Kier molecular flexibility index (Phi) is 6.32. The predicted octanol–water partition coefficient (Wildman–Crippen LogP) is 3.01. The molecule has 0 saturated carbocycles. The molecule has 0 heterocycles. The van der Waals surface area contributed by atoms with Crippen LogP contribution in [0.4, 0.5) is 0 Å². The van der Waals surface area contributed by atoms with E-state index in [9.17, 15) is 0 Å². The number of hydrogen-bond donors (Lipinski definition) is 1. The molecule has 0 spiro atoms. The van der Waals surface area contributed by atoms with Crippen molar-refractivity contribution in [3.8, 4) is 23.0 Å². The van der Waals surface area contributed by atoms with E-state index >= 15 is 0 Å². The summed E-state index contributed by atoms with van der Waals surface area (Å²) >= 11 is 0. The predicted molar refractivity (Wildman–Crippen MR) is 94.6 cm³/mol. The molecule has 1 atom stereocenters. The second kappa shape index (κ2) is 8.45. The average Bonchev–Trinajstić information content (AvgIpc) is 2.64. The zero-order valence-corrected chi connectivity index (χ0v) is 14.7. The lowest BCUT2D eigenvalue weighted by Crippen LogP contribution is -2.16. The Morgan fingerprint density at radius 3 is 1.92 bits per heavy atom. The summed E-state index contributed by atoms with van der Waals surface area (Å²) in [4.78, 5) is 0. The second-order valence-corrected chi connectivity index (χ2v) is 5.41. The minimum Gasteiger partial charge on any atom is -0.496 e. The quantitative estimate of drug-likeness (QED) is 0.805. The normalized spacial score (nSPS) is 11.7. The van der Waals surface area contributed by atoms with Gasteiger partial charge in [0.2, 0.25) is 5.75 Å². The van der Waals surface area contributed by atoms with Gasteiger partial charge in [0, 0.05) is 5.92 Å². The zero-order chi connectivity index (χ0) is 17.5. The van der Waals surface area contributed by atoms with E-state index in [-0.39, 0.29) is 5.92 Å². The second-order valence-electron chi connectivity index (χ2n) is 5.41. The van der Waals surface area contributed by atoms with Crippen LogP contribution < -0.4 is 24.7 Å². The van der Waals surface area contributed by atoms with Crippen LogP contribution in [0.2, 0.25) is 0 Å². The number of nitrogens with two attached hydrogens (primary N) is 1. The minimum atomic E-state index is 0.129. The molecule has 0 aliphatic rings. The van der Waals surface area contributed by atoms with Crippen LogP contribution in [0.25, 0.3) is 0 Å². The number of hydrogen-bond acceptors (Lipinski definition) is 5. The molecule has 2 N–H and O–H groups in total. The Balaban J connectivity index is 2.37. The molecule has 2 rings (SSSR count). The Morgan fingerprint density at radius 1 is 0.833 bits per heavy atom. The monoisotopic (exact) mass is 331 g/mol.